The number of ketones is 1. The summed E-state index contributed by atoms with van der Waals surface area (Å²) < 4.78 is 29.7. The van der Waals surface area contributed by atoms with Crippen molar-refractivity contribution in [2.45, 2.75) is 6.04 Å². The van der Waals surface area contributed by atoms with E-state index in [1.807, 2.05) is 19.0 Å². The number of carbonyl (C=O) groups is 2. The molecule has 0 unspecified atom stereocenters. The predicted molar refractivity (Wildman–Crippen MR) is 120 cm³/mol. The van der Waals surface area contributed by atoms with Gasteiger partial charge in [-0.2, -0.15) is 0 Å². The largest absolute Gasteiger partial charge is 0.507 e. The molecule has 1 fully saturated rings. The Morgan fingerprint density at radius 1 is 1.03 bits per heavy atom. The number of aliphatic hydroxyl groups is 1. The van der Waals surface area contributed by atoms with E-state index in [1.54, 1.807) is 12.1 Å². The maximum Gasteiger partial charge on any atom is 0.295 e. The SMILES string of the molecule is COc1cc([C@@H]2C(=C(O)c3ccc(F)cc3)C(=O)C(=O)N2CCN(C)C)cc(OC)c1OC. The molecule has 0 bridgehead atoms. The van der Waals surface area contributed by atoms with Crippen LogP contribution in [0, 0.1) is 5.82 Å². The van der Waals surface area contributed by atoms with Crippen molar-refractivity contribution in [1.29, 1.82) is 0 Å². The number of hydrogen-bond donors (Lipinski definition) is 1. The van der Waals surface area contributed by atoms with E-state index in [0.29, 0.717) is 29.4 Å². The Kier molecular flexibility index (Phi) is 7.23. The number of hydrogen-bond acceptors (Lipinski definition) is 7. The summed E-state index contributed by atoms with van der Waals surface area (Å²) in [5.74, 6) is -1.40. The Morgan fingerprint density at radius 3 is 2.09 bits per heavy atom. The molecular formula is C24H27FN2O6. The molecule has 1 aliphatic rings. The van der Waals surface area contributed by atoms with E-state index in [4.69, 9.17) is 14.2 Å². The summed E-state index contributed by atoms with van der Waals surface area (Å²) in [6.07, 6.45) is 0. The monoisotopic (exact) mass is 458 g/mol. The van der Waals surface area contributed by atoms with Gasteiger partial charge in [0.2, 0.25) is 5.75 Å². The number of Topliss-reactive ketones (excluding diaryl/α,β-unsaturated/α-hetero) is 1. The Morgan fingerprint density at radius 2 is 1.61 bits per heavy atom. The summed E-state index contributed by atoms with van der Waals surface area (Å²) in [5, 5.41) is 11.0. The van der Waals surface area contributed by atoms with Gasteiger partial charge in [-0.05, 0) is 56.1 Å². The summed E-state index contributed by atoms with van der Waals surface area (Å²) in [7, 11) is 8.09. The van der Waals surface area contributed by atoms with Crippen LogP contribution in [0.5, 0.6) is 17.2 Å². The highest BCUT2D eigenvalue weighted by Gasteiger charge is 2.46. The average molecular weight is 458 g/mol. The third kappa shape index (κ3) is 4.63. The molecule has 0 aromatic heterocycles. The molecule has 8 nitrogen and oxygen atoms in total. The van der Waals surface area contributed by atoms with Crippen molar-refractivity contribution in [3.05, 3.63) is 58.9 Å². The van der Waals surface area contributed by atoms with Crippen molar-refractivity contribution in [3.8, 4) is 17.2 Å². The number of likely N-dealkylation sites (tertiary alicyclic amines) is 1. The van der Waals surface area contributed by atoms with Crippen LogP contribution in [0.1, 0.15) is 17.2 Å². The molecule has 1 saturated heterocycles. The number of ether oxygens (including phenoxy) is 3. The van der Waals surface area contributed by atoms with Crippen LogP contribution in [0.4, 0.5) is 4.39 Å². The van der Waals surface area contributed by atoms with Crippen LogP contribution in [-0.2, 0) is 9.59 Å². The number of nitrogens with zero attached hydrogens (tertiary/aromatic N) is 2. The van der Waals surface area contributed by atoms with Gasteiger partial charge >= 0.3 is 0 Å². The maximum atomic E-state index is 13.4. The summed E-state index contributed by atoms with van der Waals surface area (Å²) in [5.41, 5.74) is 0.616. The van der Waals surface area contributed by atoms with Crippen molar-refractivity contribution >= 4 is 17.4 Å². The number of rotatable bonds is 8. The second-order valence-corrected chi connectivity index (χ2v) is 7.76. The molecular weight excluding hydrogens is 431 g/mol. The van der Waals surface area contributed by atoms with Gasteiger partial charge in [0.25, 0.3) is 11.7 Å². The summed E-state index contributed by atoms with van der Waals surface area (Å²) in [6.45, 7) is 0.726. The van der Waals surface area contributed by atoms with Crippen molar-refractivity contribution in [1.82, 2.24) is 9.80 Å². The molecule has 1 aliphatic heterocycles. The van der Waals surface area contributed by atoms with Gasteiger partial charge in [0, 0.05) is 18.7 Å². The van der Waals surface area contributed by atoms with Crippen molar-refractivity contribution < 1.29 is 33.3 Å². The lowest BCUT2D eigenvalue weighted by Gasteiger charge is -2.27. The van der Waals surface area contributed by atoms with Gasteiger partial charge in [-0.3, -0.25) is 9.59 Å². The lowest BCUT2D eigenvalue weighted by Crippen LogP contribution is -2.35. The molecule has 33 heavy (non-hydrogen) atoms. The minimum atomic E-state index is -0.913. The van der Waals surface area contributed by atoms with Gasteiger partial charge in [0.1, 0.15) is 11.6 Å². The molecule has 0 spiro atoms. The Labute approximate surface area is 191 Å². The van der Waals surface area contributed by atoms with Crippen LogP contribution in [0.15, 0.2) is 42.0 Å². The second-order valence-electron chi connectivity index (χ2n) is 7.76. The van der Waals surface area contributed by atoms with Crippen LogP contribution >= 0.6 is 0 Å². The topological polar surface area (TPSA) is 88.5 Å². The number of likely N-dealkylation sites (N-methyl/N-ethyl adjacent to an activating group) is 1. The average Bonchev–Trinajstić information content (AvgIpc) is 3.06. The van der Waals surface area contributed by atoms with E-state index >= 15 is 0 Å². The Hall–Kier alpha value is -3.59. The first-order valence-corrected chi connectivity index (χ1v) is 10.2. The number of benzene rings is 2. The van der Waals surface area contributed by atoms with Crippen LogP contribution in [0.25, 0.3) is 5.76 Å². The van der Waals surface area contributed by atoms with Gasteiger partial charge in [-0.1, -0.05) is 0 Å². The minimum Gasteiger partial charge on any atom is -0.507 e. The zero-order valence-corrected chi connectivity index (χ0v) is 19.2. The lowest BCUT2D eigenvalue weighted by atomic mass is 9.94. The molecule has 0 saturated carbocycles. The first-order valence-electron chi connectivity index (χ1n) is 10.2. The normalized spacial score (nSPS) is 17.5. The van der Waals surface area contributed by atoms with Gasteiger partial charge < -0.3 is 29.1 Å². The van der Waals surface area contributed by atoms with E-state index in [-0.39, 0.29) is 23.4 Å². The third-order valence-corrected chi connectivity index (χ3v) is 5.45. The van der Waals surface area contributed by atoms with E-state index < -0.39 is 23.5 Å². The van der Waals surface area contributed by atoms with E-state index in [2.05, 4.69) is 0 Å². The molecule has 0 radical (unpaired) electrons. The molecule has 2 aromatic carbocycles. The van der Waals surface area contributed by atoms with Gasteiger partial charge in [-0.15, -0.1) is 0 Å². The van der Waals surface area contributed by atoms with E-state index in [1.165, 1.54) is 50.5 Å². The number of halogens is 1. The Balaban J connectivity index is 2.25. The first-order chi connectivity index (χ1) is 15.7. The van der Waals surface area contributed by atoms with Crippen LogP contribution < -0.4 is 14.2 Å². The first kappa shape index (κ1) is 24.1. The zero-order chi connectivity index (χ0) is 24.3. The number of aliphatic hydroxyl groups excluding tert-OH is 1. The van der Waals surface area contributed by atoms with Crippen LogP contribution in [0.2, 0.25) is 0 Å². The molecule has 9 heteroatoms. The smallest absolute Gasteiger partial charge is 0.295 e. The number of amides is 1. The second kappa shape index (κ2) is 9.91. The Bertz CT molecular complexity index is 1060. The highest BCUT2D eigenvalue weighted by atomic mass is 19.1. The molecule has 1 atom stereocenters. The molecule has 0 aliphatic carbocycles. The maximum absolute atomic E-state index is 13.4. The molecule has 1 amide bonds. The fourth-order valence-corrected chi connectivity index (χ4v) is 3.79. The van der Waals surface area contributed by atoms with Crippen LogP contribution in [-0.4, -0.2) is 75.1 Å². The number of carbonyl (C=O) groups excluding carboxylic acids is 2. The zero-order valence-electron chi connectivity index (χ0n) is 19.2. The highest BCUT2D eigenvalue weighted by Crippen LogP contribution is 2.45. The van der Waals surface area contributed by atoms with Gasteiger partial charge in [-0.25, -0.2) is 4.39 Å². The molecule has 1 N–H and O–H groups in total. The highest BCUT2D eigenvalue weighted by molar-refractivity contribution is 6.46. The van der Waals surface area contributed by atoms with E-state index in [9.17, 15) is 19.1 Å². The molecule has 2 aromatic rings. The lowest BCUT2D eigenvalue weighted by molar-refractivity contribution is -0.140. The predicted octanol–water partition coefficient (Wildman–Crippen LogP) is 2.83. The summed E-state index contributed by atoms with van der Waals surface area (Å²) in [4.78, 5) is 29.4. The minimum absolute atomic E-state index is 0.0976. The fraction of sp³-hybridized carbons (Fsp3) is 0.333. The quantitative estimate of drug-likeness (QED) is 0.370. The van der Waals surface area contributed by atoms with Crippen molar-refractivity contribution in [2.75, 3.05) is 48.5 Å². The molecule has 1 heterocycles. The molecule has 176 valence electrons. The fourth-order valence-electron chi connectivity index (χ4n) is 3.79. The van der Waals surface area contributed by atoms with Crippen molar-refractivity contribution in [2.24, 2.45) is 0 Å². The van der Waals surface area contributed by atoms with E-state index in [0.717, 1.165) is 0 Å². The van der Waals surface area contributed by atoms with Crippen molar-refractivity contribution in [3.63, 3.8) is 0 Å². The van der Waals surface area contributed by atoms with Gasteiger partial charge in [0.15, 0.2) is 11.5 Å². The number of methoxy groups -OCH3 is 3. The standard InChI is InChI=1S/C24H27FN2O6/c1-26(2)10-11-27-20(15-12-17(31-3)23(33-5)18(13-15)32-4)19(22(29)24(27)30)21(28)14-6-8-16(25)9-7-14/h6-9,12-13,20,28H,10-11H2,1-5H3/t20-/m1/s1. The summed E-state index contributed by atoms with van der Waals surface area (Å²) in [6, 6.07) is 7.41. The third-order valence-electron chi connectivity index (χ3n) is 5.45. The molecule has 3 rings (SSSR count). The van der Waals surface area contributed by atoms with Gasteiger partial charge in [0.05, 0.1) is 32.9 Å². The summed E-state index contributed by atoms with van der Waals surface area (Å²) >= 11 is 0. The van der Waals surface area contributed by atoms with Crippen LogP contribution in [0.3, 0.4) is 0 Å².